The predicted molar refractivity (Wildman–Crippen MR) is 143 cm³/mol. The number of hydrogen-bond acceptors (Lipinski definition) is 4. The van der Waals surface area contributed by atoms with E-state index in [9.17, 15) is 9.59 Å². The topological polar surface area (TPSA) is 75.5 Å². The van der Waals surface area contributed by atoms with Crippen molar-refractivity contribution in [3.8, 4) is 11.1 Å². The average molecular weight is 495 g/mol. The van der Waals surface area contributed by atoms with Gasteiger partial charge in [-0.15, -0.1) is 11.3 Å². The number of aryl methyl sites for hydroxylation is 1. The van der Waals surface area contributed by atoms with E-state index in [-0.39, 0.29) is 24.4 Å². The molecule has 7 heteroatoms. The van der Waals surface area contributed by atoms with Crippen molar-refractivity contribution in [2.45, 2.75) is 19.4 Å². The molecule has 5 rings (SSSR count). The quantitative estimate of drug-likeness (QED) is 0.314. The number of amides is 2. The van der Waals surface area contributed by atoms with E-state index in [1.165, 1.54) is 11.3 Å². The van der Waals surface area contributed by atoms with Crippen molar-refractivity contribution in [2.24, 2.45) is 0 Å². The van der Waals surface area contributed by atoms with Gasteiger partial charge in [-0.3, -0.25) is 14.0 Å². The van der Waals surface area contributed by atoms with Crippen LogP contribution in [-0.4, -0.2) is 33.8 Å². The molecule has 0 aliphatic rings. The van der Waals surface area contributed by atoms with Crippen LogP contribution in [0, 0.1) is 6.92 Å². The van der Waals surface area contributed by atoms with Gasteiger partial charge in [0.15, 0.2) is 4.96 Å². The summed E-state index contributed by atoms with van der Waals surface area (Å²) >= 11 is 1.49. The predicted octanol–water partition coefficient (Wildman–Crippen LogP) is 5.14. The number of thiazole rings is 1. The molecule has 0 saturated carbocycles. The van der Waals surface area contributed by atoms with Gasteiger partial charge in [0, 0.05) is 23.7 Å². The zero-order valence-corrected chi connectivity index (χ0v) is 20.7. The van der Waals surface area contributed by atoms with Crippen molar-refractivity contribution in [3.05, 3.63) is 119 Å². The van der Waals surface area contributed by atoms with Crippen LogP contribution in [-0.2, 0) is 6.42 Å². The number of imidazole rings is 1. The Kier molecular flexibility index (Phi) is 6.91. The summed E-state index contributed by atoms with van der Waals surface area (Å²) < 4.78 is 1.80. The zero-order valence-electron chi connectivity index (χ0n) is 19.8. The first-order valence-corrected chi connectivity index (χ1v) is 12.7. The Morgan fingerprint density at radius 1 is 0.917 bits per heavy atom. The highest BCUT2D eigenvalue weighted by atomic mass is 32.1. The van der Waals surface area contributed by atoms with Crippen LogP contribution in [0.1, 0.15) is 32.1 Å². The summed E-state index contributed by atoms with van der Waals surface area (Å²) in [5.41, 5.74) is 4.72. The van der Waals surface area contributed by atoms with Crippen LogP contribution >= 0.6 is 11.3 Å². The molecule has 3 aromatic carbocycles. The normalized spacial score (nSPS) is 11.8. The Hall–Kier alpha value is -4.23. The van der Waals surface area contributed by atoms with E-state index < -0.39 is 0 Å². The highest BCUT2D eigenvalue weighted by Gasteiger charge is 2.21. The lowest BCUT2D eigenvalue weighted by Gasteiger charge is -2.21. The number of benzene rings is 3. The summed E-state index contributed by atoms with van der Waals surface area (Å²) in [6, 6.07) is 27.1. The van der Waals surface area contributed by atoms with E-state index in [1.54, 1.807) is 4.40 Å². The second kappa shape index (κ2) is 10.6. The number of aromatic nitrogens is 2. The van der Waals surface area contributed by atoms with Crippen molar-refractivity contribution < 1.29 is 9.59 Å². The molecule has 180 valence electrons. The third-order valence-electron chi connectivity index (χ3n) is 6.08. The van der Waals surface area contributed by atoms with E-state index >= 15 is 0 Å². The molecule has 6 nitrogen and oxygen atoms in total. The van der Waals surface area contributed by atoms with Gasteiger partial charge in [0.1, 0.15) is 5.69 Å². The van der Waals surface area contributed by atoms with Gasteiger partial charge in [-0.05, 0) is 36.1 Å². The Balaban J connectivity index is 1.37. The molecule has 0 bridgehead atoms. The van der Waals surface area contributed by atoms with E-state index in [1.807, 2.05) is 103 Å². The molecular formula is C29H26N4O2S. The Labute approximate surface area is 213 Å². The molecule has 2 aromatic heterocycles. The van der Waals surface area contributed by atoms with Crippen LogP contribution < -0.4 is 10.6 Å². The minimum absolute atomic E-state index is 0.176. The van der Waals surface area contributed by atoms with E-state index in [2.05, 4.69) is 15.6 Å². The van der Waals surface area contributed by atoms with Gasteiger partial charge in [-0.25, -0.2) is 4.98 Å². The Bertz CT molecular complexity index is 1490. The smallest absolute Gasteiger partial charge is 0.270 e. The summed E-state index contributed by atoms with van der Waals surface area (Å²) in [4.78, 5) is 31.8. The highest BCUT2D eigenvalue weighted by Crippen LogP contribution is 2.23. The van der Waals surface area contributed by atoms with Crippen LogP contribution in [0.4, 0.5) is 0 Å². The van der Waals surface area contributed by atoms with Crippen molar-refractivity contribution in [1.82, 2.24) is 20.0 Å². The largest absolute Gasteiger partial charge is 0.349 e. The Morgan fingerprint density at radius 3 is 2.39 bits per heavy atom. The van der Waals surface area contributed by atoms with Crippen LogP contribution in [0.25, 0.3) is 16.1 Å². The van der Waals surface area contributed by atoms with Crippen LogP contribution in [0.5, 0.6) is 0 Å². The van der Waals surface area contributed by atoms with Gasteiger partial charge in [0.2, 0.25) is 0 Å². The molecule has 0 aliphatic heterocycles. The number of carbonyl (C=O) groups excluding carboxylic acids is 2. The lowest BCUT2D eigenvalue weighted by Crippen LogP contribution is -2.45. The molecule has 36 heavy (non-hydrogen) atoms. The van der Waals surface area contributed by atoms with Crippen molar-refractivity contribution in [1.29, 1.82) is 0 Å². The fourth-order valence-corrected chi connectivity index (χ4v) is 5.11. The number of carbonyl (C=O) groups is 2. The second-order valence-corrected chi connectivity index (χ2v) is 9.46. The van der Waals surface area contributed by atoms with Gasteiger partial charge in [0.25, 0.3) is 11.8 Å². The van der Waals surface area contributed by atoms with Crippen LogP contribution in [0.2, 0.25) is 0 Å². The standard InChI is InChI=1S/C29H26N4O2S/c1-20-26(33-16-17-36-29(33)31-20)28(35)30-19-23(18-21-10-4-2-5-11-21)32-27(34)25-15-9-8-14-24(25)22-12-6-3-7-13-22/h2-17,23H,18-19H2,1H3,(H,30,35)(H,32,34)/t23-/m1/s1. The van der Waals surface area contributed by atoms with Crippen molar-refractivity contribution >= 4 is 28.1 Å². The zero-order chi connectivity index (χ0) is 24.9. The summed E-state index contributed by atoms with van der Waals surface area (Å²) in [6.45, 7) is 2.11. The first-order chi connectivity index (χ1) is 17.6. The fourth-order valence-electron chi connectivity index (χ4n) is 4.35. The molecule has 2 heterocycles. The summed E-state index contributed by atoms with van der Waals surface area (Å²) in [5, 5.41) is 8.09. The van der Waals surface area contributed by atoms with E-state index in [0.29, 0.717) is 23.4 Å². The highest BCUT2D eigenvalue weighted by molar-refractivity contribution is 7.15. The molecule has 1 atom stereocenters. The maximum absolute atomic E-state index is 13.5. The van der Waals surface area contributed by atoms with Gasteiger partial charge >= 0.3 is 0 Å². The van der Waals surface area contributed by atoms with Gasteiger partial charge < -0.3 is 10.6 Å². The fraction of sp³-hybridized carbons (Fsp3) is 0.138. The third-order valence-corrected chi connectivity index (χ3v) is 6.83. The summed E-state index contributed by atoms with van der Waals surface area (Å²) in [5.74, 6) is -0.388. The van der Waals surface area contributed by atoms with Gasteiger partial charge in [-0.1, -0.05) is 78.9 Å². The summed E-state index contributed by atoms with van der Waals surface area (Å²) in [7, 11) is 0. The van der Waals surface area contributed by atoms with Crippen LogP contribution in [0.3, 0.4) is 0 Å². The van der Waals surface area contributed by atoms with E-state index in [4.69, 9.17) is 0 Å². The Morgan fingerprint density at radius 2 is 1.61 bits per heavy atom. The molecule has 2 N–H and O–H groups in total. The number of rotatable bonds is 8. The lowest BCUT2D eigenvalue weighted by molar-refractivity contribution is 0.0906. The first-order valence-electron chi connectivity index (χ1n) is 11.8. The average Bonchev–Trinajstić information content (AvgIpc) is 3.48. The van der Waals surface area contributed by atoms with Crippen molar-refractivity contribution in [2.75, 3.05) is 6.54 Å². The SMILES string of the molecule is Cc1nc2sccn2c1C(=O)NC[C@@H](Cc1ccccc1)NC(=O)c1ccccc1-c1ccccc1. The number of fused-ring (bicyclic) bond motifs is 1. The monoisotopic (exact) mass is 494 g/mol. The molecule has 0 spiro atoms. The maximum Gasteiger partial charge on any atom is 0.270 e. The molecule has 5 aromatic rings. The van der Waals surface area contributed by atoms with Gasteiger partial charge in [-0.2, -0.15) is 0 Å². The molecule has 2 amide bonds. The number of hydrogen-bond donors (Lipinski definition) is 2. The molecule has 0 fully saturated rings. The second-order valence-electron chi connectivity index (χ2n) is 8.58. The molecule has 0 saturated heterocycles. The maximum atomic E-state index is 13.5. The lowest BCUT2D eigenvalue weighted by atomic mass is 9.98. The van der Waals surface area contributed by atoms with Gasteiger partial charge in [0.05, 0.1) is 11.7 Å². The molecule has 0 radical (unpaired) electrons. The molecule has 0 unspecified atom stereocenters. The first kappa shape index (κ1) is 23.5. The molecule has 0 aliphatic carbocycles. The number of nitrogens with zero attached hydrogens (tertiary/aromatic N) is 2. The molecular weight excluding hydrogens is 468 g/mol. The minimum atomic E-state index is -0.307. The van der Waals surface area contributed by atoms with Crippen LogP contribution in [0.15, 0.2) is 96.5 Å². The van der Waals surface area contributed by atoms with Crippen molar-refractivity contribution in [3.63, 3.8) is 0 Å². The minimum Gasteiger partial charge on any atom is -0.349 e. The number of nitrogens with one attached hydrogen (secondary N) is 2. The summed E-state index contributed by atoms with van der Waals surface area (Å²) in [6.07, 6.45) is 2.43. The van der Waals surface area contributed by atoms with E-state index in [0.717, 1.165) is 21.7 Å². The third kappa shape index (κ3) is 5.06.